The lowest BCUT2D eigenvalue weighted by Gasteiger charge is -2.37. The SMILES string of the molecule is CCCN(CC)c1ccc(C(=O)NCC2(COC)CCNCC2)cc1.Cl.Cl. The van der Waals surface area contributed by atoms with Gasteiger partial charge in [-0.15, -0.1) is 24.8 Å². The van der Waals surface area contributed by atoms with Crippen molar-refractivity contribution in [3.05, 3.63) is 29.8 Å². The zero-order valence-electron chi connectivity index (χ0n) is 16.8. The van der Waals surface area contributed by atoms with Gasteiger partial charge in [0.1, 0.15) is 0 Å². The molecule has 0 spiro atoms. The molecule has 27 heavy (non-hydrogen) atoms. The molecule has 1 heterocycles. The second-order valence-electron chi connectivity index (χ2n) is 6.99. The lowest BCUT2D eigenvalue weighted by Crippen LogP contribution is -2.47. The van der Waals surface area contributed by atoms with Gasteiger partial charge >= 0.3 is 0 Å². The van der Waals surface area contributed by atoms with E-state index in [2.05, 4.69) is 29.4 Å². The first-order valence-electron chi connectivity index (χ1n) is 9.47. The summed E-state index contributed by atoms with van der Waals surface area (Å²) < 4.78 is 5.42. The molecule has 2 N–H and O–H groups in total. The van der Waals surface area contributed by atoms with Crippen LogP contribution in [0.5, 0.6) is 0 Å². The zero-order chi connectivity index (χ0) is 18.1. The Labute approximate surface area is 176 Å². The molecule has 1 aromatic rings. The molecule has 0 unspecified atom stereocenters. The molecule has 0 saturated carbocycles. The Morgan fingerprint density at radius 2 is 1.81 bits per heavy atom. The molecule has 2 rings (SSSR count). The van der Waals surface area contributed by atoms with Crippen LogP contribution in [0.15, 0.2) is 24.3 Å². The van der Waals surface area contributed by atoms with E-state index in [1.807, 2.05) is 24.3 Å². The fourth-order valence-corrected chi connectivity index (χ4v) is 3.57. The Bertz CT molecular complexity index is 529. The third-order valence-corrected chi connectivity index (χ3v) is 5.11. The van der Waals surface area contributed by atoms with Gasteiger partial charge in [0.15, 0.2) is 0 Å². The van der Waals surface area contributed by atoms with E-state index < -0.39 is 0 Å². The van der Waals surface area contributed by atoms with Crippen LogP contribution in [0.4, 0.5) is 5.69 Å². The predicted octanol–water partition coefficient (Wildman–Crippen LogP) is 3.51. The van der Waals surface area contributed by atoms with Crippen LogP contribution in [0.2, 0.25) is 0 Å². The fourth-order valence-electron chi connectivity index (χ4n) is 3.57. The predicted molar refractivity (Wildman–Crippen MR) is 118 cm³/mol. The molecule has 0 bridgehead atoms. The van der Waals surface area contributed by atoms with Crippen LogP contribution in [0, 0.1) is 5.41 Å². The van der Waals surface area contributed by atoms with Crippen LogP contribution in [0.1, 0.15) is 43.5 Å². The molecule has 1 aliphatic rings. The molecular formula is C20H35Cl2N3O2. The van der Waals surface area contributed by atoms with Crippen LogP contribution in [-0.4, -0.2) is 52.3 Å². The van der Waals surface area contributed by atoms with E-state index in [0.717, 1.165) is 51.0 Å². The molecule has 7 heteroatoms. The van der Waals surface area contributed by atoms with Crippen LogP contribution < -0.4 is 15.5 Å². The molecule has 1 fully saturated rings. The second kappa shape index (κ2) is 13.2. The van der Waals surface area contributed by atoms with Gasteiger partial charge in [0.25, 0.3) is 5.91 Å². The summed E-state index contributed by atoms with van der Waals surface area (Å²) in [5.41, 5.74) is 1.95. The van der Waals surface area contributed by atoms with E-state index in [1.54, 1.807) is 7.11 Å². The highest BCUT2D eigenvalue weighted by Crippen LogP contribution is 2.28. The van der Waals surface area contributed by atoms with Gasteiger partial charge < -0.3 is 20.3 Å². The van der Waals surface area contributed by atoms with Crippen molar-refractivity contribution in [2.45, 2.75) is 33.1 Å². The van der Waals surface area contributed by atoms with Crippen molar-refractivity contribution < 1.29 is 9.53 Å². The van der Waals surface area contributed by atoms with Crippen LogP contribution in [0.3, 0.4) is 0 Å². The maximum atomic E-state index is 12.5. The Morgan fingerprint density at radius 3 is 2.33 bits per heavy atom. The zero-order valence-corrected chi connectivity index (χ0v) is 18.4. The van der Waals surface area contributed by atoms with Crippen LogP contribution >= 0.6 is 24.8 Å². The lowest BCUT2D eigenvalue weighted by atomic mass is 9.79. The summed E-state index contributed by atoms with van der Waals surface area (Å²) in [6.07, 6.45) is 3.18. The van der Waals surface area contributed by atoms with Crippen molar-refractivity contribution >= 4 is 36.4 Å². The smallest absolute Gasteiger partial charge is 0.251 e. The van der Waals surface area contributed by atoms with E-state index in [0.29, 0.717) is 13.2 Å². The minimum Gasteiger partial charge on any atom is -0.384 e. The molecular weight excluding hydrogens is 385 g/mol. The molecule has 5 nitrogen and oxygen atoms in total. The highest BCUT2D eigenvalue weighted by molar-refractivity contribution is 5.94. The lowest BCUT2D eigenvalue weighted by molar-refractivity contribution is 0.0512. The number of benzene rings is 1. The number of halogens is 2. The number of ether oxygens (including phenoxy) is 1. The van der Waals surface area contributed by atoms with Crippen molar-refractivity contribution in [1.82, 2.24) is 10.6 Å². The molecule has 0 radical (unpaired) electrons. The Morgan fingerprint density at radius 1 is 1.19 bits per heavy atom. The molecule has 1 amide bonds. The summed E-state index contributed by atoms with van der Waals surface area (Å²) >= 11 is 0. The first-order chi connectivity index (χ1) is 12.1. The minimum absolute atomic E-state index is 0. The molecule has 1 saturated heterocycles. The van der Waals surface area contributed by atoms with Crippen molar-refractivity contribution in [1.29, 1.82) is 0 Å². The van der Waals surface area contributed by atoms with Crippen LogP contribution in [0.25, 0.3) is 0 Å². The highest BCUT2D eigenvalue weighted by Gasteiger charge is 2.32. The first kappa shape index (κ1) is 26.0. The number of nitrogens with one attached hydrogen (secondary N) is 2. The second-order valence-corrected chi connectivity index (χ2v) is 6.99. The van der Waals surface area contributed by atoms with Crippen molar-refractivity contribution in [2.75, 3.05) is 51.3 Å². The molecule has 1 aliphatic heterocycles. The summed E-state index contributed by atoms with van der Waals surface area (Å²) in [7, 11) is 1.74. The molecule has 0 aliphatic carbocycles. The standard InChI is InChI=1S/C20H33N3O2.2ClH/c1-4-14-23(5-2)18-8-6-17(7-9-18)19(24)22-15-20(16-25-3)10-12-21-13-11-20;;/h6-9,21H,4-5,10-16H2,1-3H3,(H,22,24);2*1H. The normalized spacial score (nSPS) is 15.2. The monoisotopic (exact) mass is 419 g/mol. The van der Waals surface area contributed by atoms with Gasteiger partial charge in [0.05, 0.1) is 6.61 Å². The molecule has 0 aromatic heterocycles. The number of hydrogen-bond acceptors (Lipinski definition) is 4. The van der Waals surface area contributed by atoms with Gasteiger partial charge in [-0.05, 0) is 63.5 Å². The molecule has 0 atom stereocenters. The van der Waals surface area contributed by atoms with E-state index >= 15 is 0 Å². The summed E-state index contributed by atoms with van der Waals surface area (Å²) in [4.78, 5) is 14.9. The number of anilines is 1. The van der Waals surface area contributed by atoms with E-state index in [9.17, 15) is 4.79 Å². The number of piperidine rings is 1. The topological polar surface area (TPSA) is 53.6 Å². The summed E-state index contributed by atoms with van der Waals surface area (Å²) in [5.74, 6) is -0.000833. The molecule has 156 valence electrons. The number of carbonyl (C=O) groups excluding carboxylic acids is 1. The number of amides is 1. The van der Waals surface area contributed by atoms with Gasteiger partial charge in [-0.3, -0.25) is 4.79 Å². The molecule has 1 aromatic carbocycles. The third-order valence-electron chi connectivity index (χ3n) is 5.11. The fraction of sp³-hybridized carbons (Fsp3) is 0.650. The van der Waals surface area contributed by atoms with Crippen LogP contribution in [-0.2, 0) is 4.74 Å². The average molecular weight is 420 g/mol. The van der Waals surface area contributed by atoms with E-state index in [-0.39, 0.29) is 36.1 Å². The summed E-state index contributed by atoms with van der Waals surface area (Å²) in [6, 6.07) is 7.94. The van der Waals surface area contributed by atoms with Gasteiger partial charge in [-0.2, -0.15) is 0 Å². The Balaban J connectivity index is 0.00000338. The van der Waals surface area contributed by atoms with Gasteiger partial charge in [0, 0.05) is 43.4 Å². The van der Waals surface area contributed by atoms with Gasteiger partial charge in [-0.25, -0.2) is 0 Å². The van der Waals surface area contributed by atoms with Crippen molar-refractivity contribution in [3.8, 4) is 0 Å². The number of hydrogen-bond donors (Lipinski definition) is 2. The maximum Gasteiger partial charge on any atom is 0.251 e. The van der Waals surface area contributed by atoms with E-state index in [4.69, 9.17) is 4.74 Å². The van der Waals surface area contributed by atoms with Crippen molar-refractivity contribution in [3.63, 3.8) is 0 Å². The number of rotatable bonds is 9. The third kappa shape index (κ3) is 7.49. The van der Waals surface area contributed by atoms with Gasteiger partial charge in [0.2, 0.25) is 0 Å². The number of methoxy groups -OCH3 is 1. The Kier molecular flexibility index (Phi) is 12.7. The highest BCUT2D eigenvalue weighted by atomic mass is 35.5. The number of carbonyl (C=O) groups is 1. The summed E-state index contributed by atoms with van der Waals surface area (Å²) in [6.45, 7) is 9.68. The van der Waals surface area contributed by atoms with E-state index in [1.165, 1.54) is 5.69 Å². The Hall–Kier alpha value is -1.01. The largest absolute Gasteiger partial charge is 0.384 e. The minimum atomic E-state index is -0.000833. The van der Waals surface area contributed by atoms with Crippen molar-refractivity contribution in [2.24, 2.45) is 5.41 Å². The summed E-state index contributed by atoms with van der Waals surface area (Å²) in [5, 5.41) is 6.50. The quantitative estimate of drug-likeness (QED) is 0.642. The maximum absolute atomic E-state index is 12.5. The number of nitrogens with zero attached hydrogens (tertiary/aromatic N) is 1. The first-order valence-corrected chi connectivity index (χ1v) is 9.47. The van der Waals surface area contributed by atoms with Gasteiger partial charge in [-0.1, -0.05) is 6.92 Å². The average Bonchev–Trinajstić information content (AvgIpc) is 2.65.